The van der Waals surface area contributed by atoms with Crippen molar-refractivity contribution < 1.29 is 9.84 Å². The zero-order valence-electron chi connectivity index (χ0n) is 10.6. The Kier molecular flexibility index (Phi) is 5.63. The summed E-state index contributed by atoms with van der Waals surface area (Å²) in [5, 5.41) is 8.87. The van der Waals surface area contributed by atoms with Crippen LogP contribution in [-0.4, -0.2) is 31.4 Å². The highest BCUT2D eigenvalue weighted by atomic mass is 16.5. The van der Waals surface area contributed by atoms with E-state index in [9.17, 15) is 0 Å². The Bertz CT molecular complexity index is 342. The first kappa shape index (κ1) is 13.6. The molecule has 1 aromatic carbocycles. The van der Waals surface area contributed by atoms with Gasteiger partial charge in [0, 0.05) is 43.2 Å². The number of hydrogen-bond donors (Lipinski definition) is 2. The van der Waals surface area contributed by atoms with Crippen molar-refractivity contribution in [1.82, 2.24) is 0 Å². The Morgan fingerprint density at radius 1 is 1.29 bits per heavy atom. The molecule has 0 radical (unpaired) electrons. The number of rotatable bonds is 7. The van der Waals surface area contributed by atoms with Crippen LogP contribution in [0, 0.1) is 0 Å². The highest BCUT2D eigenvalue weighted by Gasteiger charge is 2.06. The van der Waals surface area contributed by atoms with Gasteiger partial charge >= 0.3 is 0 Å². The van der Waals surface area contributed by atoms with Crippen LogP contribution in [0.5, 0.6) is 5.75 Å². The van der Waals surface area contributed by atoms with Gasteiger partial charge in [-0.25, -0.2) is 0 Å². The molecule has 0 amide bonds. The lowest BCUT2D eigenvalue weighted by Crippen LogP contribution is -2.24. The van der Waals surface area contributed by atoms with Crippen molar-refractivity contribution in [3.63, 3.8) is 0 Å². The summed E-state index contributed by atoms with van der Waals surface area (Å²) in [4.78, 5) is 2.18. The van der Waals surface area contributed by atoms with Gasteiger partial charge < -0.3 is 20.5 Å². The Hall–Kier alpha value is -1.42. The summed E-state index contributed by atoms with van der Waals surface area (Å²) in [5.41, 5.74) is 7.60. The van der Waals surface area contributed by atoms with E-state index in [0.29, 0.717) is 12.3 Å². The number of nitrogens with zero attached hydrogens (tertiary/aromatic N) is 1. The van der Waals surface area contributed by atoms with Crippen LogP contribution in [0.3, 0.4) is 0 Å². The van der Waals surface area contributed by atoms with Gasteiger partial charge in [0.25, 0.3) is 0 Å². The zero-order chi connectivity index (χ0) is 12.7. The molecule has 0 heterocycles. The molecule has 0 spiro atoms. The van der Waals surface area contributed by atoms with E-state index in [1.807, 2.05) is 25.1 Å². The third-order valence-corrected chi connectivity index (χ3v) is 2.56. The first-order valence-electron chi connectivity index (χ1n) is 6.10. The normalized spacial score (nSPS) is 10.3. The fraction of sp³-hybridized carbons (Fsp3) is 0.538. The largest absolute Gasteiger partial charge is 0.494 e. The number of nitrogens with two attached hydrogens (primary N) is 1. The van der Waals surface area contributed by atoms with Gasteiger partial charge in [0.2, 0.25) is 0 Å². The minimum atomic E-state index is 0.205. The first-order valence-corrected chi connectivity index (χ1v) is 6.10. The molecule has 3 N–H and O–H groups in total. The Morgan fingerprint density at radius 2 is 2.06 bits per heavy atom. The lowest BCUT2D eigenvalue weighted by Gasteiger charge is -2.23. The van der Waals surface area contributed by atoms with Gasteiger partial charge in [-0.1, -0.05) is 0 Å². The number of nitrogen functional groups attached to an aromatic ring is 1. The molecule has 4 heteroatoms. The van der Waals surface area contributed by atoms with E-state index in [-0.39, 0.29) is 6.61 Å². The average Bonchev–Trinajstić information content (AvgIpc) is 2.30. The van der Waals surface area contributed by atoms with Gasteiger partial charge in [-0.3, -0.25) is 0 Å². The second-order valence-electron chi connectivity index (χ2n) is 3.85. The molecule has 0 saturated carbocycles. The molecule has 1 rings (SSSR count). The molecule has 17 heavy (non-hydrogen) atoms. The number of hydrogen-bond acceptors (Lipinski definition) is 4. The molecule has 96 valence electrons. The lowest BCUT2D eigenvalue weighted by molar-refractivity contribution is 0.289. The van der Waals surface area contributed by atoms with Crippen molar-refractivity contribution in [2.24, 2.45) is 0 Å². The van der Waals surface area contributed by atoms with Crippen LogP contribution in [0.25, 0.3) is 0 Å². The number of aliphatic hydroxyl groups excluding tert-OH is 1. The quantitative estimate of drug-likeness (QED) is 0.712. The van der Waals surface area contributed by atoms with Crippen LogP contribution >= 0.6 is 0 Å². The predicted molar refractivity (Wildman–Crippen MR) is 71.6 cm³/mol. The highest BCUT2D eigenvalue weighted by Crippen LogP contribution is 2.25. The van der Waals surface area contributed by atoms with Crippen LogP contribution in [0.4, 0.5) is 11.4 Å². The van der Waals surface area contributed by atoms with Gasteiger partial charge in [0.05, 0.1) is 6.61 Å². The summed E-state index contributed by atoms with van der Waals surface area (Å²) in [6.07, 6.45) is 0.757. The van der Waals surface area contributed by atoms with Crippen molar-refractivity contribution >= 4 is 11.4 Å². The number of aliphatic hydroxyl groups is 1. The van der Waals surface area contributed by atoms with E-state index in [1.54, 1.807) is 0 Å². The van der Waals surface area contributed by atoms with Crippen molar-refractivity contribution in [1.29, 1.82) is 0 Å². The van der Waals surface area contributed by atoms with E-state index in [0.717, 1.165) is 30.9 Å². The van der Waals surface area contributed by atoms with Crippen molar-refractivity contribution in [2.75, 3.05) is 36.9 Å². The Balaban J connectivity index is 2.85. The number of ether oxygens (including phenoxy) is 1. The number of anilines is 2. The Morgan fingerprint density at radius 3 is 2.65 bits per heavy atom. The van der Waals surface area contributed by atoms with Crippen molar-refractivity contribution in [3.05, 3.63) is 18.2 Å². The molecule has 0 aliphatic heterocycles. The van der Waals surface area contributed by atoms with Crippen LogP contribution in [-0.2, 0) is 0 Å². The molecule has 0 fully saturated rings. The molecule has 0 bridgehead atoms. The zero-order valence-corrected chi connectivity index (χ0v) is 10.6. The standard InChI is InChI=1S/C13H22N2O2/c1-3-15(6-5-7-16)12-8-11(14)9-13(10-12)17-4-2/h8-10,16H,3-7,14H2,1-2H3. The van der Waals surface area contributed by atoms with Gasteiger partial charge in [-0.05, 0) is 26.3 Å². The molecule has 0 saturated heterocycles. The SMILES string of the molecule is CCOc1cc(N)cc(N(CC)CCCO)c1. The minimum Gasteiger partial charge on any atom is -0.494 e. The van der Waals surface area contributed by atoms with E-state index in [4.69, 9.17) is 15.6 Å². The molecule has 0 aliphatic rings. The molecule has 0 aliphatic carbocycles. The molecular formula is C13H22N2O2. The van der Waals surface area contributed by atoms with E-state index < -0.39 is 0 Å². The monoisotopic (exact) mass is 238 g/mol. The maximum atomic E-state index is 8.87. The summed E-state index contributed by atoms with van der Waals surface area (Å²) >= 11 is 0. The molecule has 1 aromatic rings. The number of benzene rings is 1. The maximum absolute atomic E-state index is 8.87. The second kappa shape index (κ2) is 7.01. The van der Waals surface area contributed by atoms with Crippen LogP contribution < -0.4 is 15.4 Å². The minimum absolute atomic E-state index is 0.205. The molecule has 0 aromatic heterocycles. The van der Waals surface area contributed by atoms with Crippen molar-refractivity contribution in [2.45, 2.75) is 20.3 Å². The average molecular weight is 238 g/mol. The van der Waals surface area contributed by atoms with Gasteiger partial charge in [0.1, 0.15) is 5.75 Å². The summed E-state index contributed by atoms with van der Waals surface area (Å²) in [6.45, 7) is 6.58. The molecule has 4 nitrogen and oxygen atoms in total. The highest BCUT2D eigenvalue weighted by molar-refractivity contribution is 5.60. The van der Waals surface area contributed by atoms with Gasteiger partial charge in [-0.15, -0.1) is 0 Å². The fourth-order valence-electron chi connectivity index (χ4n) is 1.77. The van der Waals surface area contributed by atoms with Crippen molar-refractivity contribution in [3.8, 4) is 5.75 Å². The van der Waals surface area contributed by atoms with Crippen LogP contribution in [0.15, 0.2) is 18.2 Å². The smallest absolute Gasteiger partial charge is 0.123 e. The Labute approximate surface area is 103 Å². The van der Waals surface area contributed by atoms with Crippen LogP contribution in [0.1, 0.15) is 20.3 Å². The summed E-state index contributed by atoms with van der Waals surface area (Å²) in [6, 6.07) is 5.75. The van der Waals surface area contributed by atoms with E-state index >= 15 is 0 Å². The van der Waals surface area contributed by atoms with Crippen LogP contribution in [0.2, 0.25) is 0 Å². The molecule has 0 atom stereocenters. The summed E-state index contributed by atoms with van der Waals surface area (Å²) in [5.74, 6) is 0.796. The first-order chi connectivity index (χ1) is 8.21. The topological polar surface area (TPSA) is 58.7 Å². The third kappa shape index (κ3) is 4.15. The predicted octanol–water partition coefficient (Wildman–Crippen LogP) is 1.88. The summed E-state index contributed by atoms with van der Waals surface area (Å²) in [7, 11) is 0. The fourth-order valence-corrected chi connectivity index (χ4v) is 1.77. The van der Waals surface area contributed by atoms with E-state index in [1.165, 1.54) is 0 Å². The molecule has 0 unspecified atom stereocenters. The lowest BCUT2D eigenvalue weighted by atomic mass is 10.2. The van der Waals surface area contributed by atoms with E-state index in [2.05, 4.69) is 11.8 Å². The maximum Gasteiger partial charge on any atom is 0.123 e. The van der Waals surface area contributed by atoms with Gasteiger partial charge in [-0.2, -0.15) is 0 Å². The summed E-state index contributed by atoms with van der Waals surface area (Å²) < 4.78 is 5.47. The third-order valence-electron chi connectivity index (χ3n) is 2.56. The van der Waals surface area contributed by atoms with Gasteiger partial charge in [0.15, 0.2) is 0 Å². The molecular weight excluding hydrogens is 216 g/mol. The second-order valence-corrected chi connectivity index (χ2v) is 3.85.